The van der Waals surface area contributed by atoms with E-state index in [2.05, 4.69) is 17.0 Å². The number of carbonyl (C=O) groups excluding carboxylic acids is 1. The molecule has 0 atom stereocenters. The molecule has 21 heavy (non-hydrogen) atoms. The van der Waals surface area contributed by atoms with E-state index in [4.69, 9.17) is 0 Å². The van der Waals surface area contributed by atoms with Gasteiger partial charge in [0.2, 0.25) is 5.91 Å². The van der Waals surface area contributed by atoms with Crippen molar-refractivity contribution in [2.45, 2.75) is 25.7 Å². The molecule has 4 heteroatoms. The molecule has 0 aliphatic carbocycles. The molecule has 1 fully saturated rings. The van der Waals surface area contributed by atoms with Crippen LogP contribution < -0.4 is 4.90 Å². The minimum absolute atomic E-state index is 0.137. The van der Waals surface area contributed by atoms with Gasteiger partial charge >= 0.3 is 0 Å². The molecule has 1 saturated heterocycles. The van der Waals surface area contributed by atoms with Gasteiger partial charge in [-0.2, -0.15) is 0 Å². The standard InChI is InChI=1S/C17H23FN2O/c18-9-3-10-19-11-6-15(7-12-19)17(21)20-13-8-14-4-1-2-5-16(14)20/h1-2,4-5,15H,3,6-13H2. The Bertz CT molecular complexity index is 497. The summed E-state index contributed by atoms with van der Waals surface area (Å²) in [5, 5.41) is 0. The van der Waals surface area contributed by atoms with Crippen molar-refractivity contribution in [2.24, 2.45) is 5.92 Å². The van der Waals surface area contributed by atoms with Crippen LogP contribution in [0.25, 0.3) is 0 Å². The number of hydrogen-bond donors (Lipinski definition) is 0. The van der Waals surface area contributed by atoms with Crippen molar-refractivity contribution in [1.82, 2.24) is 4.90 Å². The van der Waals surface area contributed by atoms with Crippen LogP contribution in [-0.2, 0) is 11.2 Å². The van der Waals surface area contributed by atoms with Gasteiger partial charge in [0.05, 0.1) is 6.67 Å². The topological polar surface area (TPSA) is 23.6 Å². The predicted molar refractivity (Wildman–Crippen MR) is 82.3 cm³/mol. The number of likely N-dealkylation sites (tertiary alicyclic amines) is 1. The molecule has 0 bridgehead atoms. The average Bonchev–Trinajstić information content (AvgIpc) is 2.97. The van der Waals surface area contributed by atoms with Crippen molar-refractivity contribution in [3.63, 3.8) is 0 Å². The number of para-hydroxylation sites is 1. The normalized spacial score (nSPS) is 19.8. The second-order valence-electron chi connectivity index (χ2n) is 6.03. The van der Waals surface area contributed by atoms with Crippen LogP contribution in [0.4, 0.5) is 10.1 Å². The highest BCUT2D eigenvalue weighted by molar-refractivity contribution is 5.97. The van der Waals surface area contributed by atoms with Crippen LogP contribution in [0.3, 0.4) is 0 Å². The van der Waals surface area contributed by atoms with Crippen molar-refractivity contribution in [3.05, 3.63) is 29.8 Å². The predicted octanol–water partition coefficient (Wildman–Crippen LogP) is 2.65. The third kappa shape index (κ3) is 3.10. The number of benzene rings is 1. The third-order valence-electron chi connectivity index (χ3n) is 4.70. The maximum atomic E-state index is 12.7. The average molecular weight is 290 g/mol. The largest absolute Gasteiger partial charge is 0.312 e. The summed E-state index contributed by atoms with van der Waals surface area (Å²) < 4.78 is 12.2. The molecule has 0 N–H and O–H groups in total. The van der Waals surface area contributed by atoms with E-state index in [1.54, 1.807) is 0 Å². The van der Waals surface area contributed by atoms with E-state index in [1.807, 2.05) is 17.0 Å². The molecule has 3 nitrogen and oxygen atoms in total. The summed E-state index contributed by atoms with van der Waals surface area (Å²) in [4.78, 5) is 17.0. The van der Waals surface area contributed by atoms with Gasteiger partial charge in [-0.15, -0.1) is 0 Å². The first-order valence-corrected chi connectivity index (χ1v) is 7.97. The molecule has 2 aliphatic rings. The summed E-state index contributed by atoms with van der Waals surface area (Å²) in [6.07, 6.45) is 3.39. The number of fused-ring (bicyclic) bond motifs is 1. The zero-order valence-corrected chi connectivity index (χ0v) is 12.4. The van der Waals surface area contributed by atoms with Crippen LogP contribution in [0.5, 0.6) is 0 Å². The number of alkyl halides is 1. The second kappa shape index (κ2) is 6.56. The molecular weight excluding hydrogens is 267 g/mol. The number of piperidine rings is 1. The summed E-state index contributed by atoms with van der Waals surface area (Å²) in [5.41, 5.74) is 2.38. The summed E-state index contributed by atoms with van der Waals surface area (Å²) in [7, 11) is 0. The summed E-state index contributed by atoms with van der Waals surface area (Å²) in [6.45, 7) is 3.24. The van der Waals surface area contributed by atoms with Crippen LogP contribution in [0, 0.1) is 5.92 Å². The van der Waals surface area contributed by atoms with E-state index in [0.29, 0.717) is 6.42 Å². The molecule has 1 aromatic carbocycles. The van der Waals surface area contributed by atoms with Crippen LogP contribution in [-0.4, -0.2) is 43.7 Å². The number of nitrogens with zero attached hydrogens (tertiary/aromatic N) is 2. The van der Waals surface area contributed by atoms with E-state index in [-0.39, 0.29) is 18.5 Å². The maximum Gasteiger partial charge on any atom is 0.230 e. The van der Waals surface area contributed by atoms with Gasteiger partial charge in [0.1, 0.15) is 0 Å². The van der Waals surface area contributed by atoms with E-state index in [1.165, 1.54) is 5.56 Å². The quantitative estimate of drug-likeness (QED) is 0.851. The minimum Gasteiger partial charge on any atom is -0.312 e. The maximum absolute atomic E-state index is 12.7. The lowest BCUT2D eigenvalue weighted by Crippen LogP contribution is -2.42. The number of halogens is 1. The summed E-state index contributed by atoms with van der Waals surface area (Å²) in [5.74, 6) is 0.419. The zero-order chi connectivity index (χ0) is 14.7. The van der Waals surface area contributed by atoms with Crippen LogP contribution in [0.15, 0.2) is 24.3 Å². The van der Waals surface area contributed by atoms with Gasteiger partial charge in [0.25, 0.3) is 0 Å². The first-order valence-electron chi connectivity index (χ1n) is 7.97. The van der Waals surface area contributed by atoms with E-state index in [0.717, 1.165) is 51.1 Å². The van der Waals surface area contributed by atoms with E-state index >= 15 is 0 Å². The molecule has 2 heterocycles. The fraction of sp³-hybridized carbons (Fsp3) is 0.588. The molecule has 0 spiro atoms. The fourth-order valence-corrected chi connectivity index (χ4v) is 3.47. The van der Waals surface area contributed by atoms with Gasteiger partial charge in [-0.1, -0.05) is 18.2 Å². The van der Waals surface area contributed by atoms with Crippen molar-refractivity contribution in [2.75, 3.05) is 37.8 Å². The lowest BCUT2D eigenvalue weighted by Gasteiger charge is -2.33. The molecule has 2 aliphatic heterocycles. The fourth-order valence-electron chi connectivity index (χ4n) is 3.47. The van der Waals surface area contributed by atoms with Crippen molar-refractivity contribution >= 4 is 11.6 Å². The molecular formula is C17H23FN2O. The minimum atomic E-state index is -0.247. The molecule has 1 aromatic rings. The molecule has 3 rings (SSSR count). The number of amides is 1. The molecule has 0 unspecified atom stereocenters. The first kappa shape index (κ1) is 14.5. The van der Waals surface area contributed by atoms with Crippen molar-refractivity contribution in [3.8, 4) is 0 Å². The SMILES string of the molecule is O=C(C1CCN(CCCF)CC1)N1CCc2ccccc21. The lowest BCUT2D eigenvalue weighted by atomic mass is 9.95. The number of carbonyl (C=O) groups is 1. The molecule has 114 valence electrons. The Balaban J connectivity index is 1.58. The van der Waals surface area contributed by atoms with E-state index in [9.17, 15) is 9.18 Å². The summed E-state index contributed by atoms with van der Waals surface area (Å²) >= 11 is 0. The third-order valence-corrected chi connectivity index (χ3v) is 4.70. The smallest absolute Gasteiger partial charge is 0.230 e. The summed E-state index contributed by atoms with van der Waals surface area (Å²) in [6, 6.07) is 8.21. The van der Waals surface area contributed by atoms with Crippen LogP contribution >= 0.6 is 0 Å². The molecule has 0 saturated carbocycles. The van der Waals surface area contributed by atoms with Crippen LogP contribution in [0.1, 0.15) is 24.8 Å². The lowest BCUT2D eigenvalue weighted by molar-refractivity contribution is -0.123. The Hall–Kier alpha value is -1.42. The van der Waals surface area contributed by atoms with Gasteiger partial charge in [0, 0.05) is 24.7 Å². The highest BCUT2D eigenvalue weighted by Crippen LogP contribution is 2.30. The Kier molecular flexibility index (Phi) is 4.54. The Morgan fingerprint density at radius 3 is 2.71 bits per heavy atom. The second-order valence-corrected chi connectivity index (χ2v) is 6.03. The first-order chi connectivity index (χ1) is 10.3. The van der Waals surface area contributed by atoms with Gasteiger partial charge in [-0.05, 0) is 50.4 Å². The Morgan fingerprint density at radius 1 is 1.19 bits per heavy atom. The van der Waals surface area contributed by atoms with Gasteiger partial charge in [0.15, 0.2) is 0 Å². The Labute approximate surface area is 125 Å². The highest BCUT2D eigenvalue weighted by Gasteiger charge is 2.32. The Morgan fingerprint density at radius 2 is 1.95 bits per heavy atom. The number of anilines is 1. The molecule has 1 amide bonds. The highest BCUT2D eigenvalue weighted by atomic mass is 19.1. The monoisotopic (exact) mass is 290 g/mol. The van der Waals surface area contributed by atoms with E-state index < -0.39 is 0 Å². The molecule has 0 radical (unpaired) electrons. The van der Waals surface area contributed by atoms with Gasteiger partial charge < -0.3 is 9.80 Å². The van der Waals surface area contributed by atoms with Gasteiger partial charge in [-0.3, -0.25) is 9.18 Å². The molecule has 0 aromatic heterocycles. The van der Waals surface area contributed by atoms with Crippen LogP contribution in [0.2, 0.25) is 0 Å². The van der Waals surface area contributed by atoms with Crippen molar-refractivity contribution in [1.29, 1.82) is 0 Å². The van der Waals surface area contributed by atoms with Gasteiger partial charge in [-0.25, -0.2) is 0 Å². The number of hydrogen-bond acceptors (Lipinski definition) is 2. The number of rotatable bonds is 4. The van der Waals surface area contributed by atoms with Crippen molar-refractivity contribution < 1.29 is 9.18 Å². The zero-order valence-electron chi connectivity index (χ0n) is 12.4.